The second-order valence-corrected chi connectivity index (χ2v) is 7.45. The molecule has 0 radical (unpaired) electrons. The van der Waals surface area contributed by atoms with E-state index in [-0.39, 0.29) is 11.1 Å². The maximum atomic E-state index is 6.79. The number of benzene rings is 1. The highest BCUT2D eigenvalue weighted by atomic mass is 79.9. The third-order valence-electron chi connectivity index (χ3n) is 5.20. The van der Waals surface area contributed by atoms with Crippen LogP contribution in [0.2, 0.25) is 0 Å². The van der Waals surface area contributed by atoms with Crippen LogP contribution in [0.1, 0.15) is 38.2 Å². The van der Waals surface area contributed by atoms with Gasteiger partial charge in [-0.15, -0.1) is 0 Å². The second kappa shape index (κ2) is 5.99. The molecule has 2 unspecified atom stereocenters. The standard InChI is InChI=1S/C17H24BrNO2/c1-16(19,14-4-2-3-5-15(14)18)13-6-9-21-17(12-13)7-10-20-11-8-17/h2-5,13H,6-12,19H2,1H3. The zero-order valence-corrected chi connectivity index (χ0v) is 14.2. The Morgan fingerprint density at radius 1 is 1.24 bits per heavy atom. The Kier molecular flexibility index (Phi) is 4.42. The monoisotopic (exact) mass is 353 g/mol. The minimum atomic E-state index is -0.338. The van der Waals surface area contributed by atoms with Gasteiger partial charge in [-0.2, -0.15) is 0 Å². The van der Waals surface area contributed by atoms with Crippen LogP contribution in [0.3, 0.4) is 0 Å². The normalized spacial score (nSPS) is 28.2. The summed E-state index contributed by atoms with van der Waals surface area (Å²) in [6.07, 6.45) is 4.05. The number of nitrogens with two attached hydrogens (primary N) is 1. The lowest BCUT2D eigenvalue weighted by Crippen LogP contribution is -2.52. The molecule has 0 bridgehead atoms. The zero-order valence-electron chi connectivity index (χ0n) is 12.6. The molecule has 0 saturated carbocycles. The van der Waals surface area contributed by atoms with E-state index in [0.717, 1.165) is 50.0 Å². The molecule has 3 nitrogen and oxygen atoms in total. The highest BCUT2D eigenvalue weighted by Crippen LogP contribution is 2.44. The average molecular weight is 354 g/mol. The molecule has 0 amide bonds. The molecule has 2 aliphatic rings. The van der Waals surface area contributed by atoms with Crippen LogP contribution in [-0.2, 0) is 15.0 Å². The summed E-state index contributed by atoms with van der Waals surface area (Å²) in [5, 5.41) is 0. The molecule has 2 fully saturated rings. The molecule has 2 saturated heterocycles. The Morgan fingerprint density at radius 2 is 1.95 bits per heavy atom. The predicted molar refractivity (Wildman–Crippen MR) is 87.1 cm³/mol. The van der Waals surface area contributed by atoms with Crippen molar-refractivity contribution in [1.82, 2.24) is 0 Å². The SMILES string of the molecule is CC(N)(c1ccccc1Br)C1CCOC2(CCOCC2)C1. The summed E-state index contributed by atoms with van der Waals surface area (Å²) in [6, 6.07) is 8.31. The molecular formula is C17H24BrNO2. The van der Waals surface area contributed by atoms with E-state index in [0.29, 0.717) is 5.92 Å². The van der Waals surface area contributed by atoms with Gasteiger partial charge in [-0.25, -0.2) is 0 Å². The largest absolute Gasteiger partial charge is 0.381 e. The first-order chi connectivity index (χ1) is 10.0. The molecule has 1 aromatic rings. The van der Waals surface area contributed by atoms with Gasteiger partial charge in [-0.05, 0) is 50.2 Å². The molecule has 2 N–H and O–H groups in total. The van der Waals surface area contributed by atoms with Gasteiger partial charge in [-0.3, -0.25) is 0 Å². The zero-order chi connectivity index (χ0) is 14.9. The van der Waals surface area contributed by atoms with E-state index in [1.807, 2.05) is 6.07 Å². The lowest BCUT2D eigenvalue weighted by atomic mass is 9.70. The third-order valence-corrected chi connectivity index (χ3v) is 5.89. The summed E-state index contributed by atoms with van der Waals surface area (Å²) in [5.74, 6) is 0.433. The molecule has 2 heterocycles. The van der Waals surface area contributed by atoms with Gasteiger partial charge in [0.2, 0.25) is 0 Å². The molecule has 0 aromatic heterocycles. The van der Waals surface area contributed by atoms with Crippen molar-refractivity contribution in [3.63, 3.8) is 0 Å². The number of halogens is 1. The summed E-state index contributed by atoms with van der Waals surface area (Å²) >= 11 is 3.65. The van der Waals surface area contributed by atoms with Crippen LogP contribution in [0.5, 0.6) is 0 Å². The Balaban J connectivity index is 1.83. The van der Waals surface area contributed by atoms with Gasteiger partial charge in [0.05, 0.1) is 5.60 Å². The summed E-state index contributed by atoms with van der Waals surface area (Å²) < 4.78 is 12.8. The molecule has 1 aromatic carbocycles. The fourth-order valence-corrected chi connectivity index (χ4v) is 4.46. The molecule has 0 aliphatic carbocycles. The second-order valence-electron chi connectivity index (χ2n) is 6.60. The van der Waals surface area contributed by atoms with Crippen LogP contribution in [-0.4, -0.2) is 25.4 Å². The van der Waals surface area contributed by atoms with E-state index in [1.165, 1.54) is 5.56 Å². The summed E-state index contributed by atoms with van der Waals surface area (Å²) in [5.41, 5.74) is 7.63. The highest BCUT2D eigenvalue weighted by molar-refractivity contribution is 9.10. The van der Waals surface area contributed by atoms with Crippen LogP contribution in [0.25, 0.3) is 0 Å². The first-order valence-electron chi connectivity index (χ1n) is 7.79. The molecule has 3 rings (SSSR count). The lowest BCUT2D eigenvalue weighted by molar-refractivity contribution is -0.154. The number of ether oxygens (including phenoxy) is 2. The van der Waals surface area contributed by atoms with Crippen molar-refractivity contribution in [3.05, 3.63) is 34.3 Å². The molecule has 4 heteroatoms. The first kappa shape index (κ1) is 15.5. The fraction of sp³-hybridized carbons (Fsp3) is 0.647. The van der Waals surface area contributed by atoms with Crippen LogP contribution in [0, 0.1) is 5.92 Å². The number of hydrogen-bond acceptors (Lipinski definition) is 3. The van der Waals surface area contributed by atoms with E-state index < -0.39 is 0 Å². The van der Waals surface area contributed by atoms with Gasteiger partial charge in [0, 0.05) is 29.8 Å². The third kappa shape index (κ3) is 3.04. The van der Waals surface area contributed by atoms with E-state index in [1.54, 1.807) is 0 Å². The van der Waals surface area contributed by atoms with Crippen LogP contribution in [0.15, 0.2) is 28.7 Å². The van der Waals surface area contributed by atoms with Crippen molar-refractivity contribution in [2.45, 2.75) is 43.7 Å². The smallest absolute Gasteiger partial charge is 0.0729 e. The van der Waals surface area contributed by atoms with Gasteiger partial charge in [-0.1, -0.05) is 34.1 Å². The first-order valence-corrected chi connectivity index (χ1v) is 8.58. The van der Waals surface area contributed by atoms with Crippen molar-refractivity contribution in [2.24, 2.45) is 11.7 Å². The van der Waals surface area contributed by atoms with Gasteiger partial charge >= 0.3 is 0 Å². The van der Waals surface area contributed by atoms with Gasteiger partial charge in [0.25, 0.3) is 0 Å². The highest BCUT2D eigenvalue weighted by Gasteiger charge is 2.44. The minimum absolute atomic E-state index is 0.0109. The maximum absolute atomic E-state index is 6.79. The van der Waals surface area contributed by atoms with Gasteiger partial charge in [0.1, 0.15) is 0 Å². The molecule has 116 valence electrons. The van der Waals surface area contributed by atoms with Crippen LogP contribution >= 0.6 is 15.9 Å². The van der Waals surface area contributed by atoms with E-state index in [4.69, 9.17) is 15.2 Å². The van der Waals surface area contributed by atoms with Crippen molar-refractivity contribution >= 4 is 15.9 Å². The molecule has 21 heavy (non-hydrogen) atoms. The Hall–Kier alpha value is -0.420. The Bertz CT molecular complexity index is 492. The summed E-state index contributed by atoms with van der Waals surface area (Å²) in [6.45, 7) is 4.59. The van der Waals surface area contributed by atoms with Crippen LogP contribution in [0.4, 0.5) is 0 Å². The summed E-state index contributed by atoms with van der Waals surface area (Å²) in [4.78, 5) is 0. The minimum Gasteiger partial charge on any atom is -0.381 e. The topological polar surface area (TPSA) is 44.5 Å². The number of rotatable bonds is 2. The van der Waals surface area contributed by atoms with Crippen molar-refractivity contribution < 1.29 is 9.47 Å². The molecule has 2 atom stereocenters. The van der Waals surface area contributed by atoms with E-state index in [9.17, 15) is 0 Å². The Labute approximate surface area is 135 Å². The predicted octanol–water partition coefficient (Wildman–Crippen LogP) is 3.60. The lowest BCUT2D eigenvalue weighted by Gasteiger charge is -2.48. The summed E-state index contributed by atoms with van der Waals surface area (Å²) in [7, 11) is 0. The molecular weight excluding hydrogens is 330 g/mol. The van der Waals surface area contributed by atoms with Gasteiger partial charge in [0.15, 0.2) is 0 Å². The quantitative estimate of drug-likeness (QED) is 0.883. The van der Waals surface area contributed by atoms with Crippen molar-refractivity contribution in [1.29, 1.82) is 0 Å². The fourth-order valence-electron chi connectivity index (χ4n) is 3.75. The molecule has 1 spiro atoms. The van der Waals surface area contributed by atoms with Gasteiger partial charge < -0.3 is 15.2 Å². The van der Waals surface area contributed by atoms with Crippen molar-refractivity contribution in [3.8, 4) is 0 Å². The maximum Gasteiger partial charge on any atom is 0.0729 e. The number of hydrogen-bond donors (Lipinski definition) is 1. The average Bonchev–Trinajstić information content (AvgIpc) is 2.48. The van der Waals surface area contributed by atoms with Crippen LogP contribution < -0.4 is 5.73 Å². The van der Waals surface area contributed by atoms with E-state index >= 15 is 0 Å². The Morgan fingerprint density at radius 3 is 2.67 bits per heavy atom. The molecule has 2 aliphatic heterocycles. The van der Waals surface area contributed by atoms with Crippen molar-refractivity contribution in [2.75, 3.05) is 19.8 Å². The van der Waals surface area contributed by atoms with E-state index in [2.05, 4.69) is 41.1 Å².